The lowest BCUT2D eigenvalue weighted by atomic mass is 9.33. The van der Waals surface area contributed by atoms with Crippen molar-refractivity contribution in [3.8, 4) is 50.2 Å². The third kappa shape index (κ3) is 10.8. The first kappa shape index (κ1) is 65.8. The van der Waals surface area contributed by atoms with Crippen molar-refractivity contribution in [2.45, 2.75) is 131 Å². The second kappa shape index (κ2) is 23.6. The highest BCUT2D eigenvalue weighted by Crippen LogP contribution is 2.54. The second-order valence-electron chi connectivity index (χ2n) is 34.6. The fourth-order valence-corrected chi connectivity index (χ4v) is 19.1. The van der Waals surface area contributed by atoms with Crippen molar-refractivity contribution in [1.29, 1.82) is 0 Å². The molecule has 0 bridgehead atoms. The SMILES string of the molecule is CC(C)(C)c1cc(-c2ccc3c(c2)N(c2cccc4c2sc2c(-c5ccc6sc7ccccc7c6c5)cccc24)c2cc(C(C)(C)C)cc4c2B3c2ccc(-n3c5ccc(C(C)(C)C)cc5c5cc(C(C)(C)C)ccc53)cc2N4c2ccc(-c3ccccc3)cc2-c2ccccc2)cc(C(C)(C)C)c1. The largest absolute Gasteiger partial charge is 0.311 e. The normalized spacial score (nSPS) is 13.5. The second-order valence-corrected chi connectivity index (χ2v) is 36.7. The van der Waals surface area contributed by atoms with Gasteiger partial charge in [0.2, 0.25) is 0 Å². The highest BCUT2D eigenvalue weighted by atomic mass is 32.1. The average Bonchev–Trinajstić information content (AvgIpc) is 0.725. The van der Waals surface area contributed by atoms with E-state index >= 15 is 0 Å². The highest BCUT2D eigenvalue weighted by molar-refractivity contribution is 7.27. The van der Waals surface area contributed by atoms with Gasteiger partial charge in [-0.2, -0.15) is 0 Å². The van der Waals surface area contributed by atoms with Gasteiger partial charge in [-0.3, -0.25) is 0 Å². The van der Waals surface area contributed by atoms with Crippen LogP contribution in [0.5, 0.6) is 0 Å². The van der Waals surface area contributed by atoms with Crippen LogP contribution in [0, 0.1) is 0 Å². The van der Waals surface area contributed by atoms with Crippen molar-refractivity contribution in [2.75, 3.05) is 9.80 Å². The zero-order valence-electron chi connectivity index (χ0n) is 62.6. The molecule has 6 heteroatoms. The number of anilines is 6. The Labute approximate surface area is 621 Å². The van der Waals surface area contributed by atoms with E-state index in [4.69, 9.17) is 0 Å². The third-order valence-corrected chi connectivity index (χ3v) is 25.0. The third-order valence-electron chi connectivity index (χ3n) is 22.5. The van der Waals surface area contributed by atoms with E-state index in [1.165, 1.54) is 174 Å². The highest BCUT2D eigenvalue weighted by Gasteiger charge is 2.46. The first-order valence-electron chi connectivity index (χ1n) is 37.1. The summed E-state index contributed by atoms with van der Waals surface area (Å²) in [6.45, 7) is 35.2. The molecule has 0 spiro atoms. The van der Waals surface area contributed by atoms with Crippen LogP contribution in [0.25, 0.3) is 112 Å². The van der Waals surface area contributed by atoms with E-state index in [0.29, 0.717) is 0 Å². The van der Waals surface area contributed by atoms with Crippen molar-refractivity contribution < 1.29 is 0 Å². The van der Waals surface area contributed by atoms with Gasteiger partial charge in [0.05, 0.1) is 27.1 Å². The predicted octanol–water partition coefficient (Wildman–Crippen LogP) is 26.8. The molecule has 5 heterocycles. The minimum Gasteiger partial charge on any atom is -0.311 e. The molecule has 3 nitrogen and oxygen atoms in total. The fraction of sp³-hybridized carbons (Fsp3) is 0.204. The molecule has 18 rings (SSSR count). The van der Waals surface area contributed by atoms with E-state index in [9.17, 15) is 0 Å². The summed E-state index contributed by atoms with van der Waals surface area (Å²) in [6, 6.07) is 101. The Kier molecular flexibility index (Phi) is 15.0. The van der Waals surface area contributed by atoms with Crippen LogP contribution in [-0.4, -0.2) is 11.3 Å². The number of rotatable bonds is 7. The molecule has 16 aromatic rings. The van der Waals surface area contributed by atoms with E-state index in [1.54, 1.807) is 0 Å². The Morgan fingerprint density at radius 1 is 0.260 bits per heavy atom. The molecule has 0 fully saturated rings. The van der Waals surface area contributed by atoms with Gasteiger partial charge in [0.15, 0.2) is 0 Å². The summed E-state index contributed by atoms with van der Waals surface area (Å²) in [5, 5.41) is 7.72. The molecule has 2 aliphatic rings. The van der Waals surface area contributed by atoms with Crippen LogP contribution in [0.3, 0.4) is 0 Å². The van der Waals surface area contributed by atoms with Crippen molar-refractivity contribution in [1.82, 2.24) is 4.57 Å². The lowest BCUT2D eigenvalue weighted by molar-refractivity contribution is 0.569. The maximum Gasteiger partial charge on any atom is 0.252 e. The minimum atomic E-state index is -0.271. The van der Waals surface area contributed by atoms with Crippen LogP contribution in [0.4, 0.5) is 34.1 Å². The Morgan fingerprint density at radius 2 is 0.769 bits per heavy atom. The summed E-state index contributed by atoms with van der Waals surface area (Å²) >= 11 is 3.83. The van der Waals surface area contributed by atoms with Crippen molar-refractivity contribution in [2.24, 2.45) is 0 Å². The van der Waals surface area contributed by atoms with E-state index in [0.717, 1.165) is 16.9 Å². The first-order chi connectivity index (χ1) is 49.7. The van der Waals surface area contributed by atoms with Crippen LogP contribution in [0.15, 0.2) is 261 Å². The standard InChI is InChI=1S/C98H88BN3S2/c1-94(2,3)65-39-45-82-76(54-65)77-55-66(95(4,5)6)40-46-83(77)100(82)70-41-43-80-86(58-70)101(81-44-37-61(59-26-18-16-19-27-59)50-75(81)60-28-20-17-21-29-60)87-56-69(98(13,14)15)57-88-91(87)99(80)79-42-36-62(64-48-67(96(7,8)9)53-68(49-64)97(10,11)12)52-85(79)102(88)84-34-25-33-74-73-32-24-31-71(92(73)104-93(74)84)63-38-47-90-78(51-63)72-30-22-23-35-89(72)103-90/h16-58H,1-15H3. The molecule has 0 amide bonds. The molecule has 2 aliphatic heterocycles. The van der Waals surface area contributed by atoms with Gasteiger partial charge >= 0.3 is 0 Å². The summed E-state index contributed by atoms with van der Waals surface area (Å²) in [7, 11) is 0. The van der Waals surface area contributed by atoms with Crippen LogP contribution >= 0.6 is 22.7 Å². The van der Waals surface area contributed by atoms with Crippen LogP contribution in [-0.2, 0) is 27.1 Å². The van der Waals surface area contributed by atoms with Crippen molar-refractivity contribution in [3.63, 3.8) is 0 Å². The van der Waals surface area contributed by atoms with Crippen LogP contribution < -0.4 is 26.2 Å². The molecule has 0 N–H and O–H groups in total. The van der Waals surface area contributed by atoms with Gasteiger partial charge in [-0.15, -0.1) is 22.7 Å². The quantitative estimate of drug-likeness (QED) is 0.147. The monoisotopic (exact) mass is 1380 g/mol. The Hall–Kier alpha value is -10.2. The van der Waals surface area contributed by atoms with Crippen molar-refractivity contribution >= 4 is 142 Å². The zero-order valence-corrected chi connectivity index (χ0v) is 64.2. The van der Waals surface area contributed by atoms with Gasteiger partial charge in [0, 0.05) is 80.4 Å². The van der Waals surface area contributed by atoms with Gasteiger partial charge in [-0.1, -0.05) is 274 Å². The van der Waals surface area contributed by atoms with E-state index in [-0.39, 0.29) is 33.8 Å². The minimum absolute atomic E-state index is 0.0378. The lowest BCUT2D eigenvalue weighted by Crippen LogP contribution is -2.61. The smallest absolute Gasteiger partial charge is 0.252 e. The summed E-state index contributed by atoms with van der Waals surface area (Å²) < 4.78 is 7.77. The number of benzene rings is 13. The molecule has 0 saturated heterocycles. The maximum absolute atomic E-state index is 2.71. The Morgan fingerprint density at radius 3 is 1.40 bits per heavy atom. The summed E-state index contributed by atoms with van der Waals surface area (Å²) in [5.74, 6) is 0. The van der Waals surface area contributed by atoms with Gasteiger partial charge in [-0.05, 0) is 201 Å². The Balaban J connectivity index is 0.950. The van der Waals surface area contributed by atoms with Crippen LogP contribution in [0.1, 0.15) is 132 Å². The molecule has 0 radical (unpaired) electrons. The van der Waals surface area contributed by atoms with E-state index in [1.807, 2.05) is 22.7 Å². The number of thiophene rings is 2. The van der Waals surface area contributed by atoms with Gasteiger partial charge in [0.1, 0.15) is 0 Å². The number of fused-ring (bicyclic) bond motifs is 13. The maximum atomic E-state index is 2.71. The van der Waals surface area contributed by atoms with Crippen molar-refractivity contribution in [3.05, 3.63) is 289 Å². The van der Waals surface area contributed by atoms with Gasteiger partial charge in [-0.25, -0.2) is 0 Å². The van der Waals surface area contributed by atoms with Crippen LogP contribution in [0.2, 0.25) is 0 Å². The number of nitrogens with zero attached hydrogens (tertiary/aromatic N) is 3. The Bertz CT molecular complexity index is 6100. The zero-order chi connectivity index (χ0) is 71.8. The molecule has 0 unspecified atom stereocenters. The van der Waals surface area contributed by atoms with E-state index in [2.05, 4.69) is 379 Å². The molecule has 104 heavy (non-hydrogen) atoms. The van der Waals surface area contributed by atoms with Gasteiger partial charge < -0.3 is 14.4 Å². The first-order valence-corrected chi connectivity index (χ1v) is 38.8. The summed E-state index contributed by atoms with van der Waals surface area (Å²) in [5.41, 5.74) is 30.2. The molecule has 13 aromatic carbocycles. The fourth-order valence-electron chi connectivity index (χ4n) is 16.6. The van der Waals surface area contributed by atoms with E-state index < -0.39 is 0 Å². The number of aromatic nitrogens is 1. The van der Waals surface area contributed by atoms with Gasteiger partial charge in [0.25, 0.3) is 6.71 Å². The molecule has 510 valence electrons. The summed E-state index contributed by atoms with van der Waals surface area (Å²) in [4.78, 5) is 5.40. The average molecular weight is 1380 g/mol. The molecule has 0 saturated carbocycles. The number of hydrogen-bond donors (Lipinski definition) is 0. The number of hydrogen-bond acceptors (Lipinski definition) is 4. The summed E-state index contributed by atoms with van der Waals surface area (Å²) in [6.07, 6.45) is 0. The molecule has 0 atom stereocenters. The molecule has 0 aliphatic carbocycles. The predicted molar refractivity (Wildman–Crippen MR) is 456 cm³/mol. The molecular weight excluding hydrogens is 1290 g/mol. The lowest BCUT2D eigenvalue weighted by Gasteiger charge is -2.45. The molecule has 3 aromatic heterocycles. The topological polar surface area (TPSA) is 11.4 Å². The molecular formula is C98H88BN3S2.